The largest absolute Gasteiger partial charge is 0.461 e. The highest BCUT2D eigenvalue weighted by Gasteiger charge is 2.22. The molecule has 1 aromatic carbocycles. The first-order valence-corrected chi connectivity index (χ1v) is 9.94. The topological polar surface area (TPSA) is 62.7 Å². The second-order valence-electron chi connectivity index (χ2n) is 7.64. The Balaban J connectivity index is 1.44. The summed E-state index contributed by atoms with van der Waals surface area (Å²) >= 11 is 0. The van der Waals surface area contributed by atoms with E-state index in [1.807, 2.05) is 23.6 Å². The average Bonchev–Trinajstić information content (AvgIpc) is 3.39. The number of piperazine rings is 1. The molecule has 7 heteroatoms. The van der Waals surface area contributed by atoms with Crippen LogP contribution in [0.2, 0.25) is 0 Å². The van der Waals surface area contributed by atoms with Gasteiger partial charge in [-0.05, 0) is 50.1 Å². The molecule has 0 unspecified atom stereocenters. The molecule has 148 valence electrons. The number of rotatable bonds is 3. The first kappa shape index (κ1) is 17.7. The molecule has 0 aliphatic carbocycles. The van der Waals surface area contributed by atoms with Crippen molar-refractivity contribution >= 4 is 17.3 Å². The van der Waals surface area contributed by atoms with Crippen molar-refractivity contribution in [2.24, 2.45) is 0 Å². The zero-order chi connectivity index (χ0) is 20.0. The molecule has 1 saturated heterocycles. The fourth-order valence-electron chi connectivity index (χ4n) is 3.94. The predicted molar refractivity (Wildman–Crippen MR) is 114 cm³/mol. The third-order valence-corrected chi connectivity index (χ3v) is 5.47. The van der Waals surface area contributed by atoms with Crippen molar-refractivity contribution < 1.29 is 4.42 Å². The predicted octanol–water partition coefficient (Wildman–Crippen LogP) is 3.64. The van der Waals surface area contributed by atoms with Crippen LogP contribution in [-0.2, 0) is 0 Å². The lowest BCUT2D eigenvalue weighted by Gasteiger charge is -2.38. The normalized spacial score (nSPS) is 14.7. The maximum absolute atomic E-state index is 5.46. The minimum absolute atomic E-state index is 0.559. The van der Waals surface area contributed by atoms with Crippen molar-refractivity contribution in [3.05, 3.63) is 59.5 Å². The Labute approximate surface area is 169 Å². The fraction of sp³-hybridized carbons (Fsp3) is 0.318. The molecule has 4 aromatic rings. The Hall–Kier alpha value is -3.35. The van der Waals surface area contributed by atoms with Gasteiger partial charge in [0, 0.05) is 43.6 Å². The van der Waals surface area contributed by atoms with Crippen LogP contribution >= 0.6 is 0 Å². The molecule has 7 nitrogen and oxygen atoms in total. The average molecular weight is 388 g/mol. The van der Waals surface area contributed by atoms with Crippen molar-refractivity contribution in [2.45, 2.75) is 20.8 Å². The summed E-state index contributed by atoms with van der Waals surface area (Å²) in [6, 6.07) is 12.5. The van der Waals surface area contributed by atoms with E-state index in [2.05, 4.69) is 63.0 Å². The molecule has 0 spiro atoms. The summed E-state index contributed by atoms with van der Waals surface area (Å²) in [5.74, 6) is 2.84. The van der Waals surface area contributed by atoms with Gasteiger partial charge in [-0.15, -0.1) is 5.10 Å². The number of hydrogen-bond acceptors (Lipinski definition) is 6. The van der Waals surface area contributed by atoms with Gasteiger partial charge in [0.2, 0.25) is 5.82 Å². The Morgan fingerprint density at radius 3 is 2.45 bits per heavy atom. The minimum Gasteiger partial charge on any atom is -0.461 e. The molecule has 1 fully saturated rings. The Morgan fingerprint density at radius 1 is 0.897 bits per heavy atom. The second-order valence-corrected chi connectivity index (χ2v) is 7.64. The maximum atomic E-state index is 5.46. The van der Waals surface area contributed by atoms with Crippen molar-refractivity contribution in [2.75, 3.05) is 36.0 Å². The van der Waals surface area contributed by atoms with Crippen molar-refractivity contribution in [1.29, 1.82) is 0 Å². The van der Waals surface area contributed by atoms with Crippen LogP contribution in [0, 0.1) is 20.8 Å². The Bertz CT molecular complexity index is 1160. The maximum Gasteiger partial charge on any atom is 0.254 e. The number of aromatic nitrogens is 4. The van der Waals surface area contributed by atoms with Crippen LogP contribution in [0.1, 0.15) is 16.8 Å². The van der Waals surface area contributed by atoms with Gasteiger partial charge in [0.05, 0.1) is 6.26 Å². The highest BCUT2D eigenvalue weighted by atomic mass is 16.3. The lowest BCUT2D eigenvalue weighted by molar-refractivity contribution is 0.577. The third-order valence-electron chi connectivity index (χ3n) is 5.47. The standard InChI is InChI=1S/C22H24N6O/c1-15-6-7-16(2)18(13-15)26-8-10-27(11-9-26)20-14-17(3)23-22-24-21(25-28(20)22)19-5-4-12-29-19/h4-7,12-14H,8-11H2,1-3H3. The van der Waals surface area contributed by atoms with E-state index in [1.165, 1.54) is 16.8 Å². The molecular weight excluding hydrogens is 364 g/mol. The third kappa shape index (κ3) is 3.22. The molecule has 0 bridgehead atoms. The Morgan fingerprint density at radius 2 is 1.69 bits per heavy atom. The summed E-state index contributed by atoms with van der Waals surface area (Å²) in [5, 5.41) is 4.67. The van der Waals surface area contributed by atoms with E-state index in [0.29, 0.717) is 17.4 Å². The number of nitrogens with zero attached hydrogens (tertiary/aromatic N) is 6. The molecular formula is C22H24N6O. The number of anilines is 2. The lowest BCUT2D eigenvalue weighted by Crippen LogP contribution is -2.47. The van der Waals surface area contributed by atoms with Gasteiger partial charge in [0.25, 0.3) is 5.78 Å². The van der Waals surface area contributed by atoms with Gasteiger partial charge in [-0.25, -0.2) is 4.98 Å². The van der Waals surface area contributed by atoms with E-state index in [1.54, 1.807) is 6.26 Å². The van der Waals surface area contributed by atoms with Crippen LogP contribution < -0.4 is 9.80 Å². The minimum atomic E-state index is 0.559. The van der Waals surface area contributed by atoms with Gasteiger partial charge in [-0.2, -0.15) is 9.50 Å². The summed E-state index contributed by atoms with van der Waals surface area (Å²) in [5.41, 5.74) is 4.89. The van der Waals surface area contributed by atoms with Crippen molar-refractivity contribution in [1.82, 2.24) is 19.6 Å². The lowest BCUT2D eigenvalue weighted by atomic mass is 10.1. The number of fused-ring (bicyclic) bond motifs is 1. The molecule has 5 rings (SSSR count). The van der Waals surface area contributed by atoms with Crippen LogP contribution in [-0.4, -0.2) is 45.8 Å². The first-order chi connectivity index (χ1) is 14.1. The number of furan rings is 1. The summed E-state index contributed by atoms with van der Waals surface area (Å²) in [7, 11) is 0. The second kappa shape index (κ2) is 6.92. The van der Waals surface area contributed by atoms with E-state index >= 15 is 0 Å². The molecule has 1 aliphatic heterocycles. The molecule has 3 aromatic heterocycles. The molecule has 29 heavy (non-hydrogen) atoms. The van der Waals surface area contributed by atoms with Gasteiger partial charge < -0.3 is 14.2 Å². The summed E-state index contributed by atoms with van der Waals surface area (Å²) in [4.78, 5) is 14.0. The molecule has 1 aliphatic rings. The molecule has 0 atom stereocenters. The first-order valence-electron chi connectivity index (χ1n) is 9.94. The highest BCUT2D eigenvalue weighted by molar-refractivity contribution is 5.58. The van der Waals surface area contributed by atoms with Gasteiger partial charge in [0.1, 0.15) is 5.82 Å². The van der Waals surface area contributed by atoms with Gasteiger partial charge in [-0.1, -0.05) is 12.1 Å². The number of hydrogen-bond donors (Lipinski definition) is 0. The number of benzene rings is 1. The van der Waals surface area contributed by atoms with Crippen LogP contribution in [0.25, 0.3) is 17.4 Å². The monoisotopic (exact) mass is 388 g/mol. The zero-order valence-corrected chi connectivity index (χ0v) is 17.0. The van der Waals surface area contributed by atoms with Crippen LogP contribution in [0.5, 0.6) is 0 Å². The molecule has 0 radical (unpaired) electrons. The van der Waals surface area contributed by atoms with Crippen molar-refractivity contribution in [3.63, 3.8) is 0 Å². The molecule has 4 heterocycles. The van der Waals surface area contributed by atoms with E-state index in [9.17, 15) is 0 Å². The van der Waals surface area contributed by atoms with Crippen LogP contribution in [0.15, 0.2) is 47.1 Å². The zero-order valence-electron chi connectivity index (χ0n) is 17.0. The fourth-order valence-corrected chi connectivity index (χ4v) is 3.94. The van der Waals surface area contributed by atoms with Gasteiger partial charge in [-0.3, -0.25) is 0 Å². The van der Waals surface area contributed by atoms with E-state index in [4.69, 9.17) is 4.42 Å². The Kier molecular flexibility index (Phi) is 4.23. The molecule has 0 saturated carbocycles. The summed E-state index contributed by atoms with van der Waals surface area (Å²) < 4.78 is 7.29. The van der Waals surface area contributed by atoms with Crippen molar-refractivity contribution in [3.8, 4) is 11.6 Å². The summed E-state index contributed by atoms with van der Waals surface area (Å²) in [6.45, 7) is 10.1. The van der Waals surface area contributed by atoms with Gasteiger partial charge in [0.15, 0.2) is 5.76 Å². The summed E-state index contributed by atoms with van der Waals surface area (Å²) in [6.07, 6.45) is 1.63. The van der Waals surface area contributed by atoms with Gasteiger partial charge >= 0.3 is 0 Å². The molecule has 0 N–H and O–H groups in total. The quantitative estimate of drug-likeness (QED) is 0.534. The van der Waals surface area contributed by atoms with Crippen LogP contribution in [0.3, 0.4) is 0 Å². The highest BCUT2D eigenvalue weighted by Crippen LogP contribution is 2.26. The number of aryl methyl sites for hydroxylation is 3. The van der Waals surface area contributed by atoms with E-state index in [0.717, 1.165) is 37.7 Å². The smallest absolute Gasteiger partial charge is 0.254 e. The van der Waals surface area contributed by atoms with E-state index in [-0.39, 0.29) is 0 Å². The molecule has 0 amide bonds. The SMILES string of the molecule is Cc1ccc(C)c(N2CCN(c3cc(C)nc4nc(-c5ccco5)nn34)CC2)c1. The van der Waals surface area contributed by atoms with E-state index < -0.39 is 0 Å². The van der Waals surface area contributed by atoms with Crippen LogP contribution in [0.4, 0.5) is 11.5 Å².